The van der Waals surface area contributed by atoms with E-state index in [1.54, 1.807) is 12.1 Å². The van der Waals surface area contributed by atoms with Gasteiger partial charge in [-0.25, -0.2) is 0 Å². The standard InChI is InChI=1S/C29H47N7O6/c1-27(2,3)40-24(37)18-34-10-12-35(19-25(38)41-28(4,5)6)16-22-14-21(32-33-30)15-23(31-22)17-36(13-11-34)20-26(39)42-29(7,8)9/h14-15H,10-13,16-20H2,1-9H3. The molecule has 2 rings (SSSR count). The highest BCUT2D eigenvalue weighted by Gasteiger charge is 2.25. The Hall–Kier alpha value is -3.25. The first kappa shape index (κ1) is 34.9. The molecular formula is C29H47N7O6. The molecule has 1 aromatic rings. The summed E-state index contributed by atoms with van der Waals surface area (Å²) in [5.74, 6) is -1.13. The van der Waals surface area contributed by atoms with Crippen molar-refractivity contribution in [2.75, 3.05) is 45.8 Å². The Morgan fingerprint density at radius 2 is 1.05 bits per heavy atom. The molecule has 0 unspecified atom stereocenters. The number of fused-ring (bicyclic) bond motifs is 2. The number of ether oxygens (including phenoxy) is 3. The lowest BCUT2D eigenvalue weighted by Gasteiger charge is -2.31. The van der Waals surface area contributed by atoms with Crippen molar-refractivity contribution in [3.63, 3.8) is 0 Å². The maximum atomic E-state index is 12.8. The maximum Gasteiger partial charge on any atom is 0.320 e. The zero-order valence-corrected chi connectivity index (χ0v) is 26.6. The van der Waals surface area contributed by atoms with Gasteiger partial charge < -0.3 is 14.2 Å². The zero-order chi connectivity index (χ0) is 31.7. The molecule has 0 saturated carbocycles. The van der Waals surface area contributed by atoms with Crippen molar-refractivity contribution in [2.45, 2.75) is 92.2 Å². The summed E-state index contributed by atoms with van der Waals surface area (Å²) in [4.78, 5) is 51.7. The lowest BCUT2D eigenvalue weighted by Crippen LogP contribution is -2.45. The van der Waals surface area contributed by atoms with Gasteiger partial charge in [-0.1, -0.05) is 5.11 Å². The predicted molar refractivity (Wildman–Crippen MR) is 158 cm³/mol. The molecule has 0 spiro atoms. The van der Waals surface area contributed by atoms with Crippen molar-refractivity contribution in [1.29, 1.82) is 0 Å². The van der Waals surface area contributed by atoms with E-state index >= 15 is 0 Å². The van der Waals surface area contributed by atoms with Crippen LogP contribution in [-0.2, 0) is 41.7 Å². The van der Waals surface area contributed by atoms with Gasteiger partial charge in [-0.05, 0) is 80.0 Å². The van der Waals surface area contributed by atoms with Crippen molar-refractivity contribution >= 4 is 23.6 Å². The predicted octanol–water partition coefficient (Wildman–Crippen LogP) is 3.97. The van der Waals surface area contributed by atoms with Gasteiger partial charge in [0.2, 0.25) is 0 Å². The van der Waals surface area contributed by atoms with Crippen LogP contribution >= 0.6 is 0 Å². The summed E-state index contributed by atoms with van der Waals surface area (Å²) in [6, 6.07) is 3.35. The second-order valence-corrected chi connectivity index (χ2v) is 13.5. The Morgan fingerprint density at radius 1 is 0.714 bits per heavy atom. The lowest BCUT2D eigenvalue weighted by molar-refractivity contribution is -0.158. The molecule has 2 bridgehead atoms. The second-order valence-electron chi connectivity index (χ2n) is 13.5. The van der Waals surface area contributed by atoms with Crippen LogP contribution in [0.3, 0.4) is 0 Å². The number of rotatable bonds is 7. The smallest absolute Gasteiger partial charge is 0.320 e. The minimum atomic E-state index is -0.642. The summed E-state index contributed by atoms with van der Waals surface area (Å²) in [6.07, 6.45) is 0. The Labute approximate surface area is 249 Å². The van der Waals surface area contributed by atoms with E-state index in [4.69, 9.17) is 24.7 Å². The molecule has 42 heavy (non-hydrogen) atoms. The molecule has 0 saturated heterocycles. The van der Waals surface area contributed by atoms with E-state index in [-0.39, 0.29) is 50.6 Å². The number of nitrogens with zero attached hydrogens (tertiary/aromatic N) is 7. The molecule has 1 aliphatic rings. The Balaban J connectivity index is 2.42. The molecule has 0 aliphatic carbocycles. The first-order chi connectivity index (χ1) is 19.3. The molecule has 13 nitrogen and oxygen atoms in total. The number of hydrogen-bond donors (Lipinski definition) is 0. The molecular weight excluding hydrogens is 542 g/mol. The number of esters is 3. The highest BCUT2D eigenvalue weighted by molar-refractivity contribution is 5.73. The first-order valence-corrected chi connectivity index (χ1v) is 14.2. The van der Waals surface area contributed by atoms with Crippen LogP contribution in [0, 0.1) is 0 Å². The molecule has 0 atom stereocenters. The SMILES string of the molecule is CC(C)(C)OC(=O)CN1CCN(CC(=O)OC(C)(C)C)Cc2cc(N=[N+]=[N-])cc(n2)CN(CC(=O)OC(C)(C)C)CC1. The molecule has 1 aliphatic heterocycles. The number of aromatic nitrogens is 1. The van der Waals surface area contributed by atoms with Gasteiger partial charge in [-0.15, -0.1) is 0 Å². The number of hydrogen-bond acceptors (Lipinski definition) is 11. The van der Waals surface area contributed by atoms with Gasteiger partial charge in [-0.2, -0.15) is 0 Å². The van der Waals surface area contributed by atoms with Crippen molar-refractivity contribution in [1.82, 2.24) is 19.7 Å². The third-order valence-electron chi connectivity index (χ3n) is 5.63. The van der Waals surface area contributed by atoms with Crippen LogP contribution < -0.4 is 0 Å². The Bertz CT molecular complexity index is 1080. The second kappa shape index (κ2) is 14.8. The summed E-state index contributed by atoms with van der Waals surface area (Å²) in [5, 5.41) is 3.78. The normalized spacial score (nSPS) is 16.4. The fourth-order valence-electron chi connectivity index (χ4n) is 4.29. The molecule has 0 N–H and O–H groups in total. The number of pyridine rings is 1. The van der Waals surface area contributed by atoms with Crippen LogP contribution in [-0.4, -0.2) is 100 Å². The summed E-state index contributed by atoms with van der Waals surface area (Å²) in [6.45, 7) is 18.6. The van der Waals surface area contributed by atoms with E-state index in [1.807, 2.05) is 77.0 Å². The highest BCUT2D eigenvalue weighted by atomic mass is 16.6. The summed E-state index contributed by atoms with van der Waals surface area (Å²) < 4.78 is 16.7. The molecule has 0 aromatic carbocycles. The van der Waals surface area contributed by atoms with Crippen molar-refractivity contribution < 1.29 is 28.6 Å². The van der Waals surface area contributed by atoms with Gasteiger partial charge in [0.05, 0.1) is 31.0 Å². The van der Waals surface area contributed by atoms with Gasteiger partial charge in [0.25, 0.3) is 0 Å². The van der Waals surface area contributed by atoms with Crippen molar-refractivity contribution in [3.8, 4) is 0 Å². The van der Waals surface area contributed by atoms with Gasteiger partial charge >= 0.3 is 17.9 Å². The number of carbonyl (C=O) groups excluding carboxylic acids is 3. The van der Waals surface area contributed by atoms with Crippen LogP contribution in [0.1, 0.15) is 73.7 Å². The minimum absolute atomic E-state index is 0.00503. The number of carbonyl (C=O) groups is 3. The van der Waals surface area contributed by atoms with E-state index in [0.29, 0.717) is 43.3 Å². The topological polar surface area (TPSA) is 150 Å². The van der Waals surface area contributed by atoms with Crippen LogP contribution in [0.15, 0.2) is 17.2 Å². The average molecular weight is 590 g/mol. The molecule has 13 heteroatoms. The molecule has 234 valence electrons. The maximum absolute atomic E-state index is 12.8. The summed E-state index contributed by atoms with van der Waals surface area (Å²) in [5.41, 5.74) is 8.74. The van der Waals surface area contributed by atoms with Crippen LogP contribution in [0.2, 0.25) is 0 Å². The van der Waals surface area contributed by atoms with Gasteiger partial charge in [-0.3, -0.25) is 34.1 Å². The average Bonchev–Trinajstić information content (AvgIpc) is 2.76. The van der Waals surface area contributed by atoms with Gasteiger partial charge in [0, 0.05) is 49.9 Å². The van der Waals surface area contributed by atoms with E-state index in [1.165, 1.54) is 0 Å². The molecule has 0 amide bonds. The lowest BCUT2D eigenvalue weighted by atomic mass is 10.2. The van der Waals surface area contributed by atoms with E-state index in [2.05, 4.69) is 10.0 Å². The summed E-state index contributed by atoms with van der Waals surface area (Å²) in [7, 11) is 0. The largest absolute Gasteiger partial charge is 0.459 e. The first-order valence-electron chi connectivity index (χ1n) is 14.2. The Morgan fingerprint density at radius 3 is 1.38 bits per heavy atom. The highest BCUT2D eigenvalue weighted by Crippen LogP contribution is 2.20. The number of azide groups is 1. The van der Waals surface area contributed by atoms with E-state index in [9.17, 15) is 14.4 Å². The zero-order valence-electron chi connectivity index (χ0n) is 26.6. The van der Waals surface area contributed by atoms with Crippen LogP contribution in [0.5, 0.6) is 0 Å². The molecule has 0 fully saturated rings. The minimum Gasteiger partial charge on any atom is -0.459 e. The third-order valence-corrected chi connectivity index (χ3v) is 5.63. The fourth-order valence-corrected chi connectivity index (χ4v) is 4.29. The molecule has 1 aromatic heterocycles. The Kier molecular flexibility index (Phi) is 12.3. The fraction of sp³-hybridized carbons (Fsp3) is 0.724. The quantitative estimate of drug-likeness (QED) is 0.150. The van der Waals surface area contributed by atoms with Crippen molar-refractivity contribution in [3.05, 3.63) is 34.0 Å². The van der Waals surface area contributed by atoms with Gasteiger partial charge in [0.15, 0.2) is 0 Å². The third kappa shape index (κ3) is 14.6. The van der Waals surface area contributed by atoms with E-state index < -0.39 is 16.8 Å². The van der Waals surface area contributed by atoms with E-state index in [0.717, 1.165) is 0 Å². The monoisotopic (exact) mass is 589 g/mol. The molecule has 2 heterocycles. The van der Waals surface area contributed by atoms with Crippen LogP contribution in [0.25, 0.3) is 10.4 Å². The van der Waals surface area contributed by atoms with Gasteiger partial charge in [0.1, 0.15) is 16.8 Å². The van der Waals surface area contributed by atoms with Crippen molar-refractivity contribution in [2.24, 2.45) is 5.11 Å². The van der Waals surface area contributed by atoms with Crippen LogP contribution in [0.4, 0.5) is 5.69 Å². The summed E-state index contributed by atoms with van der Waals surface area (Å²) >= 11 is 0. The molecule has 0 radical (unpaired) electrons.